The van der Waals surface area contributed by atoms with Crippen molar-refractivity contribution in [2.24, 2.45) is 17.3 Å². The van der Waals surface area contributed by atoms with Gasteiger partial charge in [-0.25, -0.2) is 0 Å². The normalized spacial score (nSPS) is 25.4. The second kappa shape index (κ2) is 2.87. The molecule has 1 saturated carbocycles. The zero-order valence-corrected chi connectivity index (χ0v) is 9.48. The van der Waals surface area contributed by atoms with E-state index in [1.54, 1.807) is 11.1 Å². The second-order valence-electron chi connectivity index (χ2n) is 5.71. The van der Waals surface area contributed by atoms with Crippen molar-refractivity contribution in [2.75, 3.05) is 0 Å². The molecule has 0 radical (unpaired) electrons. The predicted octanol–water partition coefficient (Wildman–Crippen LogP) is 4.17. The summed E-state index contributed by atoms with van der Waals surface area (Å²) in [6.45, 7) is 9.44. The van der Waals surface area contributed by atoms with Crippen LogP contribution in [0.1, 0.15) is 53.4 Å². The van der Waals surface area contributed by atoms with Crippen LogP contribution in [0, 0.1) is 17.3 Å². The fourth-order valence-corrected chi connectivity index (χ4v) is 2.78. The average Bonchev–Trinajstić information content (AvgIpc) is 2.60. The molecular weight excluding hydrogens is 156 g/mol. The molecule has 0 aromatic rings. The minimum atomic E-state index is 0.777. The van der Waals surface area contributed by atoms with Gasteiger partial charge >= 0.3 is 0 Å². The molecule has 2 aliphatic carbocycles. The average molecular weight is 178 g/mol. The Morgan fingerprint density at radius 2 is 1.23 bits per heavy atom. The summed E-state index contributed by atoms with van der Waals surface area (Å²) in [6, 6.07) is 0. The van der Waals surface area contributed by atoms with Crippen molar-refractivity contribution < 1.29 is 0 Å². The van der Waals surface area contributed by atoms with Crippen LogP contribution in [0.2, 0.25) is 0 Å². The van der Waals surface area contributed by atoms with Crippen molar-refractivity contribution >= 4 is 0 Å². The zero-order chi connectivity index (χ0) is 9.64. The summed E-state index contributed by atoms with van der Waals surface area (Å²) in [5.74, 6) is 1.58. The maximum Gasteiger partial charge on any atom is -0.0222 e. The minimum Gasteiger partial charge on any atom is -0.0676 e. The lowest BCUT2D eigenvalue weighted by molar-refractivity contribution is 0.517. The maximum atomic E-state index is 2.36. The number of hydrogen-bond donors (Lipinski definition) is 0. The maximum absolute atomic E-state index is 2.36. The van der Waals surface area contributed by atoms with Gasteiger partial charge in [-0.3, -0.25) is 0 Å². The van der Waals surface area contributed by atoms with E-state index in [2.05, 4.69) is 27.7 Å². The lowest BCUT2D eigenvalue weighted by atomic mass is 9.93. The van der Waals surface area contributed by atoms with Crippen LogP contribution in [-0.4, -0.2) is 0 Å². The smallest absolute Gasteiger partial charge is 0.0222 e. The molecule has 1 fully saturated rings. The SMILES string of the molecule is CC(C)C1=C(C(C)C)CC2(CC2)C1. The van der Waals surface area contributed by atoms with Crippen molar-refractivity contribution in [2.45, 2.75) is 53.4 Å². The van der Waals surface area contributed by atoms with Crippen LogP contribution in [0.5, 0.6) is 0 Å². The van der Waals surface area contributed by atoms with Crippen molar-refractivity contribution in [1.29, 1.82) is 0 Å². The van der Waals surface area contributed by atoms with E-state index in [0.29, 0.717) is 0 Å². The minimum absolute atomic E-state index is 0.777. The van der Waals surface area contributed by atoms with Gasteiger partial charge in [-0.15, -0.1) is 0 Å². The Labute approximate surface area is 82.4 Å². The van der Waals surface area contributed by atoms with Gasteiger partial charge in [-0.05, 0) is 42.9 Å². The topological polar surface area (TPSA) is 0 Å². The largest absolute Gasteiger partial charge is 0.0676 e. The third-order valence-electron chi connectivity index (χ3n) is 3.89. The molecule has 0 N–H and O–H groups in total. The molecule has 0 aliphatic heterocycles. The fraction of sp³-hybridized carbons (Fsp3) is 0.846. The molecule has 1 spiro atoms. The van der Waals surface area contributed by atoms with E-state index in [1.165, 1.54) is 25.7 Å². The number of hydrogen-bond acceptors (Lipinski definition) is 0. The third-order valence-corrected chi connectivity index (χ3v) is 3.89. The molecule has 2 aliphatic rings. The van der Waals surface area contributed by atoms with Crippen molar-refractivity contribution in [3.05, 3.63) is 11.1 Å². The van der Waals surface area contributed by atoms with E-state index < -0.39 is 0 Å². The number of rotatable bonds is 2. The Bertz CT molecular complexity index is 217. The van der Waals surface area contributed by atoms with E-state index in [9.17, 15) is 0 Å². The molecular formula is C13H22. The van der Waals surface area contributed by atoms with Gasteiger partial charge in [0, 0.05) is 0 Å². The summed E-state index contributed by atoms with van der Waals surface area (Å²) in [6.07, 6.45) is 5.86. The molecule has 0 heterocycles. The van der Waals surface area contributed by atoms with Crippen LogP contribution >= 0.6 is 0 Å². The third kappa shape index (κ3) is 1.56. The summed E-state index contributed by atoms with van der Waals surface area (Å²) in [5, 5.41) is 0. The standard InChI is InChI=1S/C13H22/c1-9(2)11-7-13(5-6-13)8-12(11)10(3)4/h9-10H,5-8H2,1-4H3. The van der Waals surface area contributed by atoms with Gasteiger partial charge in [0.1, 0.15) is 0 Å². The first-order chi connectivity index (χ1) is 6.04. The molecule has 2 rings (SSSR count). The van der Waals surface area contributed by atoms with Crippen LogP contribution in [0.3, 0.4) is 0 Å². The summed E-state index contributed by atoms with van der Waals surface area (Å²) in [7, 11) is 0. The van der Waals surface area contributed by atoms with E-state index >= 15 is 0 Å². The van der Waals surface area contributed by atoms with Crippen molar-refractivity contribution in [1.82, 2.24) is 0 Å². The fourth-order valence-electron chi connectivity index (χ4n) is 2.78. The quantitative estimate of drug-likeness (QED) is 0.557. The Morgan fingerprint density at radius 1 is 0.846 bits per heavy atom. The zero-order valence-electron chi connectivity index (χ0n) is 9.48. The van der Waals surface area contributed by atoms with Gasteiger partial charge < -0.3 is 0 Å². The summed E-state index contributed by atoms with van der Waals surface area (Å²) in [4.78, 5) is 0. The van der Waals surface area contributed by atoms with Crippen LogP contribution in [-0.2, 0) is 0 Å². The monoisotopic (exact) mass is 178 g/mol. The molecule has 0 bridgehead atoms. The highest BCUT2D eigenvalue weighted by Gasteiger charge is 2.48. The molecule has 0 nitrogen and oxygen atoms in total. The van der Waals surface area contributed by atoms with Gasteiger partial charge in [0.25, 0.3) is 0 Å². The molecule has 74 valence electrons. The van der Waals surface area contributed by atoms with Gasteiger partial charge in [0.15, 0.2) is 0 Å². The Morgan fingerprint density at radius 3 is 1.46 bits per heavy atom. The van der Waals surface area contributed by atoms with Gasteiger partial charge in [-0.2, -0.15) is 0 Å². The molecule has 0 heteroatoms. The first-order valence-corrected chi connectivity index (χ1v) is 5.76. The second-order valence-corrected chi connectivity index (χ2v) is 5.71. The Hall–Kier alpha value is -0.260. The first kappa shape index (κ1) is 9.30. The van der Waals surface area contributed by atoms with Gasteiger partial charge in [0.2, 0.25) is 0 Å². The Kier molecular flexibility index (Phi) is 2.05. The lowest BCUT2D eigenvalue weighted by Crippen LogP contribution is -1.98. The van der Waals surface area contributed by atoms with Crippen molar-refractivity contribution in [3.63, 3.8) is 0 Å². The lowest BCUT2D eigenvalue weighted by Gasteiger charge is -2.13. The molecule has 0 aromatic carbocycles. The molecule has 0 saturated heterocycles. The number of allylic oxidation sites excluding steroid dienone is 2. The summed E-state index contributed by atoms with van der Waals surface area (Å²) < 4.78 is 0. The molecule has 0 atom stereocenters. The Balaban J connectivity index is 2.20. The molecule has 0 amide bonds. The van der Waals surface area contributed by atoms with Gasteiger partial charge in [-0.1, -0.05) is 38.8 Å². The summed E-state index contributed by atoms with van der Waals surface area (Å²) in [5.41, 5.74) is 4.37. The van der Waals surface area contributed by atoms with E-state index in [1.807, 2.05) is 0 Å². The first-order valence-electron chi connectivity index (χ1n) is 5.76. The predicted molar refractivity (Wildman–Crippen MR) is 57.6 cm³/mol. The van der Waals surface area contributed by atoms with Gasteiger partial charge in [0.05, 0.1) is 0 Å². The van der Waals surface area contributed by atoms with E-state index in [-0.39, 0.29) is 0 Å². The van der Waals surface area contributed by atoms with E-state index in [0.717, 1.165) is 17.3 Å². The van der Waals surface area contributed by atoms with Crippen molar-refractivity contribution in [3.8, 4) is 0 Å². The van der Waals surface area contributed by atoms with Crippen LogP contribution < -0.4 is 0 Å². The molecule has 13 heavy (non-hydrogen) atoms. The molecule has 0 aromatic heterocycles. The van der Waals surface area contributed by atoms with Crippen LogP contribution in [0.25, 0.3) is 0 Å². The highest BCUT2D eigenvalue weighted by atomic mass is 14.5. The highest BCUT2D eigenvalue weighted by molar-refractivity contribution is 5.30. The van der Waals surface area contributed by atoms with Crippen LogP contribution in [0.15, 0.2) is 11.1 Å². The summed E-state index contributed by atoms with van der Waals surface area (Å²) >= 11 is 0. The van der Waals surface area contributed by atoms with Crippen LogP contribution in [0.4, 0.5) is 0 Å². The highest BCUT2D eigenvalue weighted by Crippen LogP contribution is 2.61. The molecule has 0 unspecified atom stereocenters. The van der Waals surface area contributed by atoms with E-state index in [4.69, 9.17) is 0 Å².